The Morgan fingerprint density at radius 2 is 1.74 bits per heavy atom. The van der Waals surface area contributed by atoms with E-state index in [4.69, 9.17) is 4.74 Å². The van der Waals surface area contributed by atoms with Crippen LogP contribution in [-0.4, -0.2) is 49.2 Å². The first-order valence-electron chi connectivity index (χ1n) is 10.6. The Morgan fingerprint density at radius 3 is 2.38 bits per heavy atom. The zero-order valence-electron chi connectivity index (χ0n) is 18.5. The number of aromatic nitrogens is 1. The van der Waals surface area contributed by atoms with Gasteiger partial charge in [0.15, 0.2) is 17.5 Å². The molecule has 0 bridgehead atoms. The van der Waals surface area contributed by atoms with Gasteiger partial charge in [-0.2, -0.15) is 0 Å². The highest BCUT2D eigenvalue weighted by atomic mass is 19.2. The molecular formula is C24H21F3N2O5. The van der Waals surface area contributed by atoms with E-state index in [9.17, 15) is 14.4 Å². The lowest BCUT2D eigenvalue weighted by Gasteiger charge is -2.30. The topological polar surface area (TPSA) is 77.8 Å². The van der Waals surface area contributed by atoms with E-state index in [-0.39, 0.29) is 32.9 Å². The Bertz CT molecular complexity index is 1360. The van der Waals surface area contributed by atoms with Crippen molar-refractivity contribution in [3.8, 4) is 5.69 Å². The fourth-order valence-electron chi connectivity index (χ4n) is 4.01. The van der Waals surface area contributed by atoms with Crippen molar-refractivity contribution in [2.24, 2.45) is 0 Å². The Morgan fingerprint density at radius 1 is 1.06 bits per heavy atom. The molecule has 2 aromatic carbocycles. The highest BCUT2D eigenvalue weighted by Gasteiger charge is 2.32. The van der Waals surface area contributed by atoms with Gasteiger partial charge in [-0.25, -0.2) is 18.0 Å². The number of para-hydroxylation sites is 1. The summed E-state index contributed by atoms with van der Waals surface area (Å²) in [7, 11) is 0. The number of anilines is 1. The summed E-state index contributed by atoms with van der Waals surface area (Å²) in [4.78, 5) is 39.1. The first kappa shape index (κ1) is 23.5. The van der Waals surface area contributed by atoms with Crippen molar-refractivity contribution < 1.29 is 32.2 Å². The first-order valence-corrected chi connectivity index (χ1v) is 10.6. The van der Waals surface area contributed by atoms with Crippen LogP contribution in [0.15, 0.2) is 35.3 Å². The smallest absolute Gasteiger partial charge is 0.379 e. The molecular weight excluding hydrogens is 453 g/mol. The van der Waals surface area contributed by atoms with Gasteiger partial charge in [0.2, 0.25) is 5.43 Å². The molecule has 7 nitrogen and oxygen atoms in total. The molecule has 1 saturated heterocycles. The first-order chi connectivity index (χ1) is 16.3. The van der Waals surface area contributed by atoms with Gasteiger partial charge in [-0.05, 0) is 25.5 Å². The monoisotopic (exact) mass is 474 g/mol. The number of halogens is 3. The summed E-state index contributed by atoms with van der Waals surface area (Å²) in [5, 5.41) is -0.967. The number of rotatable bonds is 5. The van der Waals surface area contributed by atoms with Crippen molar-refractivity contribution in [1.29, 1.82) is 0 Å². The zero-order valence-corrected chi connectivity index (χ0v) is 18.5. The predicted octanol–water partition coefficient (Wildman–Crippen LogP) is 3.30. The average molecular weight is 474 g/mol. The lowest BCUT2D eigenvalue weighted by Crippen LogP contribution is -2.38. The van der Waals surface area contributed by atoms with E-state index in [1.807, 2.05) is 0 Å². The van der Waals surface area contributed by atoms with E-state index < -0.39 is 56.8 Å². The molecule has 0 atom stereocenters. The third kappa shape index (κ3) is 3.83. The van der Waals surface area contributed by atoms with Gasteiger partial charge in [0.1, 0.15) is 5.69 Å². The number of hydrogen-bond acceptors (Lipinski definition) is 6. The van der Waals surface area contributed by atoms with Crippen LogP contribution < -0.4 is 10.3 Å². The maximum Gasteiger partial charge on any atom is 0.379 e. The molecule has 34 heavy (non-hydrogen) atoms. The van der Waals surface area contributed by atoms with Crippen LogP contribution in [0.25, 0.3) is 16.6 Å². The standard InChI is InChI=1S/C24H21F3N2O5/c1-3-34-24(32)23(31)14-12-29(15-7-5-4-6-13(15)2)20-16(22(14)30)17(25)18(26)21(19(20)27)28-8-10-33-11-9-28/h4-7,12H,3,8-11H2,1-2H3. The SMILES string of the molecule is CCOC(=O)C(=O)c1cn(-c2ccccc2C)c2c(F)c(N3CCOCC3)c(F)c(F)c2c1=O. The summed E-state index contributed by atoms with van der Waals surface area (Å²) in [6.45, 7) is 3.64. The van der Waals surface area contributed by atoms with Gasteiger partial charge < -0.3 is 18.9 Å². The largest absolute Gasteiger partial charge is 0.460 e. The number of pyridine rings is 1. The van der Waals surface area contributed by atoms with Gasteiger partial charge in [0.05, 0.1) is 36.3 Å². The zero-order chi connectivity index (χ0) is 24.6. The van der Waals surface area contributed by atoms with Crippen LogP contribution in [0.5, 0.6) is 0 Å². The van der Waals surface area contributed by atoms with Crippen molar-refractivity contribution >= 4 is 28.3 Å². The summed E-state index contributed by atoms with van der Waals surface area (Å²) in [5.74, 6) is -6.99. The minimum Gasteiger partial charge on any atom is -0.460 e. The number of aryl methyl sites for hydroxylation is 1. The van der Waals surface area contributed by atoms with E-state index in [0.717, 1.165) is 10.8 Å². The fraction of sp³-hybridized carbons (Fsp3) is 0.292. The Balaban J connectivity index is 2.13. The number of carbonyl (C=O) groups is 2. The van der Waals surface area contributed by atoms with Gasteiger partial charge in [-0.3, -0.25) is 9.59 Å². The normalized spacial score (nSPS) is 13.9. The van der Waals surface area contributed by atoms with Crippen LogP contribution in [-0.2, 0) is 14.3 Å². The molecule has 0 saturated carbocycles. The summed E-state index contributed by atoms with van der Waals surface area (Å²) in [6.07, 6.45) is 0.968. The van der Waals surface area contributed by atoms with Gasteiger partial charge in [-0.1, -0.05) is 18.2 Å². The minimum absolute atomic E-state index is 0.118. The van der Waals surface area contributed by atoms with Crippen LogP contribution in [0.2, 0.25) is 0 Å². The molecule has 0 spiro atoms. The minimum atomic E-state index is -1.61. The number of morpholine rings is 1. The molecule has 0 radical (unpaired) electrons. The second kappa shape index (κ2) is 9.30. The third-order valence-electron chi connectivity index (χ3n) is 5.65. The molecule has 3 aromatic rings. The predicted molar refractivity (Wildman–Crippen MR) is 118 cm³/mol. The summed E-state index contributed by atoms with van der Waals surface area (Å²) in [6, 6.07) is 6.59. The van der Waals surface area contributed by atoms with Gasteiger partial charge >= 0.3 is 5.97 Å². The Kier molecular flexibility index (Phi) is 6.43. The summed E-state index contributed by atoms with van der Waals surface area (Å²) >= 11 is 0. The molecule has 1 fully saturated rings. The van der Waals surface area contributed by atoms with Crippen LogP contribution in [0, 0.1) is 24.4 Å². The molecule has 0 N–H and O–H groups in total. The van der Waals surface area contributed by atoms with E-state index in [2.05, 4.69) is 4.74 Å². The van der Waals surface area contributed by atoms with E-state index >= 15 is 13.2 Å². The van der Waals surface area contributed by atoms with E-state index in [1.54, 1.807) is 31.2 Å². The second-order valence-corrected chi connectivity index (χ2v) is 7.69. The average Bonchev–Trinajstić information content (AvgIpc) is 2.83. The molecule has 2 heterocycles. The lowest BCUT2D eigenvalue weighted by atomic mass is 10.0. The maximum absolute atomic E-state index is 15.9. The van der Waals surface area contributed by atoms with Gasteiger partial charge in [-0.15, -0.1) is 0 Å². The Hall–Kier alpha value is -3.66. The number of ketones is 1. The number of esters is 1. The van der Waals surface area contributed by atoms with Crippen molar-refractivity contribution in [3.05, 3.63) is 69.3 Å². The molecule has 1 aromatic heterocycles. The number of ether oxygens (including phenoxy) is 2. The molecule has 0 amide bonds. The highest BCUT2D eigenvalue weighted by molar-refractivity contribution is 6.40. The fourth-order valence-corrected chi connectivity index (χ4v) is 4.01. The van der Waals surface area contributed by atoms with Gasteiger partial charge in [0, 0.05) is 25.0 Å². The number of hydrogen-bond donors (Lipinski definition) is 0. The molecule has 1 aliphatic heterocycles. The molecule has 4 rings (SSSR count). The lowest BCUT2D eigenvalue weighted by molar-refractivity contribution is -0.137. The summed E-state index contributed by atoms with van der Waals surface area (Å²) < 4.78 is 57.5. The van der Waals surface area contributed by atoms with Crippen molar-refractivity contribution in [2.45, 2.75) is 13.8 Å². The van der Waals surface area contributed by atoms with Crippen LogP contribution in [0.1, 0.15) is 22.8 Å². The van der Waals surface area contributed by atoms with Gasteiger partial charge in [0.25, 0.3) is 5.78 Å². The van der Waals surface area contributed by atoms with Crippen LogP contribution in [0.4, 0.5) is 18.9 Å². The van der Waals surface area contributed by atoms with Crippen molar-refractivity contribution in [3.63, 3.8) is 0 Å². The van der Waals surface area contributed by atoms with Crippen LogP contribution in [0.3, 0.4) is 0 Å². The van der Waals surface area contributed by atoms with E-state index in [1.165, 1.54) is 11.8 Å². The number of fused-ring (bicyclic) bond motifs is 1. The second-order valence-electron chi connectivity index (χ2n) is 7.69. The van der Waals surface area contributed by atoms with E-state index in [0.29, 0.717) is 11.3 Å². The molecule has 0 aliphatic carbocycles. The molecule has 0 unspecified atom stereocenters. The van der Waals surface area contributed by atoms with Crippen molar-refractivity contribution in [2.75, 3.05) is 37.8 Å². The third-order valence-corrected chi connectivity index (χ3v) is 5.65. The maximum atomic E-state index is 15.9. The number of benzene rings is 2. The molecule has 10 heteroatoms. The molecule has 178 valence electrons. The summed E-state index contributed by atoms with van der Waals surface area (Å²) in [5.41, 5.74) is -2.32. The quantitative estimate of drug-likeness (QED) is 0.245. The number of Topliss-reactive ketones (excluding diaryl/α,β-unsaturated/α-hetero) is 1. The highest BCUT2D eigenvalue weighted by Crippen LogP contribution is 2.34. The number of nitrogens with zero attached hydrogens (tertiary/aromatic N) is 2. The van der Waals surface area contributed by atoms with Crippen LogP contribution >= 0.6 is 0 Å². The molecule has 1 aliphatic rings. The Labute approximate surface area is 192 Å². The number of carbonyl (C=O) groups excluding carboxylic acids is 2. The van der Waals surface area contributed by atoms with Crippen molar-refractivity contribution in [1.82, 2.24) is 4.57 Å².